The van der Waals surface area contributed by atoms with Gasteiger partial charge in [0, 0.05) is 20.3 Å². The first-order chi connectivity index (χ1) is 8.62. The summed E-state index contributed by atoms with van der Waals surface area (Å²) in [6.07, 6.45) is 3.93. The monoisotopic (exact) mass is 254 g/mol. The van der Waals surface area contributed by atoms with Crippen molar-refractivity contribution in [3.8, 4) is 0 Å². The van der Waals surface area contributed by atoms with Crippen molar-refractivity contribution >= 4 is 11.8 Å². The van der Waals surface area contributed by atoms with Crippen LogP contribution in [0.5, 0.6) is 0 Å². The molecule has 5 heteroatoms. The number of hydrogen-bond acceptors (Lipinski definition) is 3. The molecule has 1 heterocycles. The van der Waals surface area contributed by atoms with Gasteiger partial charge in [-0.1, -0.05) is 6.92 Å². The molecule has 1 atom stereocenters. The van der Waals surface area contributed by atoms with E-state index in [1.54, 1.807) is 12.0 Å². The number of piperazine rings is 1. The van der Waals surface area contributed by atoms with E-state index in [-0.39, 0.29) is 29.8 Å². The van der Waals surface area contributed by atoms with Gasteiger partial charge < -0.3 is 15.0 Å². The smallest absolute Gasteiger partial charge is 0.243 e. The molecule has 5 nitrogen and oxygen atoms in total. The van der Waals surface area contributed by atoms with Crippen molar-refractivity contribution in [3.63, 3.8) is 0 Å². The topological polar surface area (TPSA) is 58.6 Å². The molecule has 1 saturated carbocycles. The Morgan fingerprint density at radius 3 is 2.72 bits per heavy atom. The SMILES string of the molecule is CCC1C(=O)NCC(=O)N1CC1(CCOC)CC1. The van der Waals surface area contributed by atoms with Crippen LogP contribution in [-0.2, 0) is 14.3 Å². The fourth-order valence-electron chi connectivity index (χ4n) is 2.65. The van der Waals surface area contributed by atoms with E-state index >= 15 is 0 Å². The van der Waals surface area contributed by atoms with Gasteiger partial charge in [0.05, 0.1) is 6.54 Å². The third-order valence-electron chi connectivity index (χ3n) is 4.10. The molecule has 1 aliphatic heterocycles. The molecule has 1 N–H and O–H groups in total. The van der Waals surface area contributed by atoms with E-state index in [4.69, 9.17) is 4.74 Å². The maximum Gasteiger partial charge on any atom is 0.243 e. The molecule has 2 fully saturated rings. The van der Waals surface area contributed by atoms with E-state index in [0.717, 1.165) is 25.9 Å². The second-order valence-electron chi connectivity index (χ2n) is 5.41. The van der Waals surface area contributed by atoms with E-state index < -0.39 is 0 Å². The van der Waals surface area contributed by atoms with Crippen molar-refractivity contribution in [1.82, 2.24) is 10.2 Å². The molecule has 0 aromatic heterocycles. The number of carbonyl (C=O) groups is 2. The Bertz CT molecular complexity index is 339. The number of nitrogens with one attached hydrogen (secondary N) is 1. The van der Waals surface area contributed by atoms with Crippen molar-refractivity contribution in [2.24, 2.45) is 5.41 Å². The summed E-state index contributed by atoms with van der Waals surface area (Å²) in [5.41, 5.74) is 0.205. The minimum absolute atomic E-state index is 0.0142. The lowest BCUT2D eigenvalue weighted by Crippen LogP contribution is -2.59. The molecule has 102 valence electrons. The summed E-state index contributed by atoms with van der Waals surface area (Å²) in [5.74, 6) is 0.0322. The zero-order valence-electron chi connectivity index (χ0n) is 11.2. The molecule has 0 spiro atoms. The van der Waals surface area contributed by atoms with Crippen LogP contribution < -0.4 is 5.32 Å². The maximum atomic E-state index is 12.0. The van der Waals surface area contributed by atoms with Crippen molar-refractivity contribution in [3.05, 3.63) is 0 Å². The molecule has 2 aliphatic rings. The normalized spacial score (nSPS) is 26.1. The summed E-state index contributed by atoms with van der Waals surface area (Å²) in [4.78, 5) is 25.5. The average Bonchev–Trinajstić information content (AvgIpc) is 3.12. The van der Waals surface area contributed by atoms with E-state index in [1.165, 1.54) is 0 Å². The zero-order chi connectivity index (χ0) is 13.2. The number of ether oxygens (including phenoxy) is 1. The standard InChI is InChI=1S/C13H22N2O3/c1-3-10-12(17)14-8-11(16)15(10)9-13(4-5-13)6-7-18-2/h10H,3-9H2,1-2H3,(H,14,17). The Morgan fingerprint density at radius 1 is 1.44 bits per heavy atom. The zero-order valence-corrected chi connectivity index (χ0v) is 11.2. The summed E-state index contributed by atoms with van der Waals surface area (Å²) >= 11 is 0. The van der Waals surface area contributed by atoms with E-state index in [0.29, 0.717) is 13.0 Å². The van der Waals surface area contributed by atoms with E-state index in [2.05, 4.69) is 5.32 Å². The van der Waals surface area contributed by atoms with Crippen molar-refractivity contribution in [2.75, 3.05) is 26.8 Å². The molecule has 0 aromatic carbocycles. The highest BCUT2D eigenvalue weighted by Gasteiger charge is 2.46. The van der Waals surface area contributed by atoms with Gasteiger partial charge >= 0.3 is 0 Å². The van der Waals surface area contributed by atoms with E-state index in [9.17, 15) is 9.59 Å². The van der Waals surface area contributed by atoms with Crippen molar-refractivity contribution in [2.45, 2.75) is 38.6 Å². The predicted molar refractivity (Wildman–Crippen MR) is 67.0 cm³/mol. The summed E-state index contributed by atoms with van der Waals surface area (Å²) in [5, 5.41) is 2.66. The summed E-state index contributed by atoms with van der Waals surface area (Å²) in [6, 6.07) is -0.286. The Labute approximate surface area is 108 Å². The van der Waals surface area contributed by atoms with Gasteiger partial charge in [0.1, 0.15) is 6.04 Å². The summed E-state index contributed by atoms with van der Waals surface area (Å²) in [7, 11) is 1.70. The van der Waals surface area contributed by atoms with Crippen LogP contribution in [0.25, 0.3) is 0 Å². The number of nitrogens with zero attached hydrogens (tertiary/aromatic N) is 1. The van der Waals surface area contributed by atoms with Gasteiger partial charge in [0.2, 0.25) is 11.8 Å². The van der Waals surface area contributed by atoms with E-state index in [1.807, 2.05) is 6.92 Å². The Kier molecular flexibility index (Phi) is 3.90. The van der Waals surface area contributed by atoms with Gasteiger partial charge in [-0.2, -0.15) is 0 Å². The minimum Gasteiger partial charge on any atom is -0.385 e. The largest absolute Gasteiger partial charge is 0.385 e. The van der Waals surface area contributed by atoms with Gasteiger partial charge in [0.25, 0.3) is 0 Å². The lowest BCUT2D eigenvalue weighted by Gasteiger charge is -2.37. The fraction of sp³-hybridized carbons (Fsp3) is 0.846. The van der Waals surface area contributed by atoms with Crippen LogP contribution in [0.3, 0.4) is 0 Å². The third kappa shape index (κ3) is 2.66. The van der Waals surface area contributed by atoms with Gasteiger partial charge in [-0.3, -0.25) is 9.59 Å². The maximum absolute atomic E-state index is 12.0. The Morgan fingerprint density at radius 2 is 2.17 bits per heavy atom. The Hall–Kier alpha value is -1.10. The lowest BCUT2D eigenvalue weighted by molar-refractivity contribution is -0.146. The molecule has 1 unspecified atom stereocenters. The highest BCUT2D eigenvalue weighted by molar-refractivity contribution is 5.94. The van der Waals surface area contributed by atoms with Crippen LogP contribution in [0.1, 0.15) is 32.6 Å². The number of hydrogen-bond donors (Lipinski definition) is 1. The second kappa shape index (κ2) is 5.26. The van der Waals surface area contributed by atoms with Crippen LogP contribution in [0, 0.1) is 5.41 Å². The van der Waals surface area contributed by atoms with Gasteiger partial charge in [-0.05, 0) is 31.1 Å². The molecule has 1 saturated heterocycles. The molecule has 0 bridgehead atoms. The molecule has 2 amide bonds. The lowest BCUT2D eigenvalue weighted by atomic mass is 9.99. The highest BCUT2D eigenvalue weighted by atomic mass is 16.5. The molecular formula is C13H22N2O3. The van der Waals surface area contributed by atoms with Gasteiger partial charge in [-0.15, -0.1) is 0 Å². The Balaban J connectivity index is 2.01. The molecule has 0 aromatic rings. The van der Waals surface area contributed by atoms with Crippen molar-refractivity contribution in [1.29, 1.82) is 0 Å². The third-order valence-corrected chi connectivity index (χ3v) is 4.10. The van der Waals surface area contributed by atoms with Crippen LogP contribution in [0.2, 0.25) is 0 Å². The van der Waals surface area contributed by atoms with Crippen LogP contribution in [-0.4, -0.2) is 49.6 Å². The first kappa shape index (κ1) is 13.3. The van der Waals surface area contributed by atoms with Crippen LogP contribution >= 0.6 is 0 Å². The van der Waals surface area contributed by atoms with Gasteiger partial charge in [0.15, 0.2) is 0 Å². The molecule has 1 aliphatic carbocycles. The minimum atomic E-state index is -0.286. The molecule has 18 heavy (non-hydrogen) atoms. The quantitative estimate of drug-likeness (QED) is 0.752. The van der Waals surface area contributed by atoms with Crippen LogP contribution in [0.15, 0.2) is 0 Å². The van der Waals surface area contributed by atoms with Crippen molar-refractivity contribution < 1.29 is 14.3 Å². The number of methoxy groups -OCH3 is 1. The molecule has 2 rings (SSSR count). The van der Waals surface area contributed by atoms with Crippen LogP contribution in [0.4, 0.5) is 0 Å². The average molecular weight is 254 g/mol. The molecular weight excluding hydrogens is 232 g/mol. The fourth-order valence-corrected chi connectivity index (χ4v) is 2.65. The first-order valence-electron chi connectivity index (χ1n) is 6.68. The highest BCUT2D eigenvalue weighted by Crippen LogP contribution is 2.49. The second-order valence-corrected chi connectivity index (χ2v) is 5.41. The number of rotatable bonds is 6. The number of carbonyl (C=O) groups excluding carboxylic acids is 2. The molecule has 0 radical (unpaired) electrons. The number of amides is 2. The van der Waals surface area contributed by atoms with Gasteiger partial charge in [-0.25, -0.2) is 0 Å². The summed E-state index contributed by atoms with van der Waals surface area (Å²) in [6.45, 7) is 3.53. The summed E-state index contributed by atoms with van der Waals surface area (Å²) < 4.78 is 5.13. The predicted octanol–water partition coefficient (Wildman–Crippen LogP) is 0.540. The first-order valence-corrected chi connectivity index (χ1v) is 6.68.